The molecule has 0 aromatic heterocycles. The Labute approximate surface area is 280 Å². The quantitative estimate of drug-likeness (QED) is 0.0860. The molecule has 48 heavy (non-hydrogen) atoms. The van der Waals surface area contributed by atoms with Crippen LogP contribution in [0.15, 0.2) is 84.9 Å². The summed E-state index contributed by atoms with van der Waals surface area (Å²) in [7, 11) is 0. The average molecular weight is 653 g/mol. The molecule has 0 atom stereocenters. The second-order valence-corrected chi connectivity index (χ2v) is 10.8. The van der Waals surface area contributed by atoms with E-state index in [1.807, 2.05) is 37.5 Å². The van der Waals surface area contributed by atoms with E-state index >= 15 is 0 Å². The SMILES string of the molecule is CCN(CC)c1ccc(C(=O)c2ccccc2C(=O)OCCOC(=O)c2ccccc2C(=O)c2ccc(N(CC)CC)cc2O)c(O)c1. The number of phenolic OH excluding ortho intramolecular Hbond substituents is 2. The minimum atomic E-state index is -0.812. The highest BCUT2D eigenvalue weighted by Gasteiger charge is 2.24. The van der Waals surface area contributed by atoms with Crippen LogP contribution < -0.4 is 9.80 Å². The summed E-state index contributed by atoms with van der Waals surface area (Å²) in [6, 6.07) is 21.8. The monoisotopic (exact) mass is 652 g/mol. The highest BCUT2D eigenvalue weighted by atomic mass is 16.6. The molecule has 0 amide bonds. The number of aromatic hydroxyl groups is 2. The van der Waals surface area contributed by atoms with Gasteiger partial charge >= 0.3 is 11.9 Å². The maximum atomic E-state index is 13.4. The number of ketones is 2. The standard InChI is InChI=1S/C38H40N2O8/c1-5-39(6-2)25-17-19-31(33(41)23-25)35(43)27-13-9-11-15-29(27)37(45)47-21-22-48-38(46)30-16-12-10-14-28(30)36(44)32-20-18-26(24-34(32)42)40(7-3)8-4/h9-20,23-24,41-42H,5-8,21-22H2,1-4H3. The van der Waals surface area contributed by atoms with E-state index in [-0.39, 0.29) is 58.1 Å². The number of ether oxygens (including phenoxy) is 2. The first kappa shape index (κ1) is 35.2. The van der Waals surface area contributed by atoms with Gasteiger partial charge in [-0.05, 0) is 64.1 Å². The van der Waals surface area contributed by atoms with Gasteiger partial charge in [0.05, 0.1) is 22.3 Å². The third-order valence-corrected chi connectivity index (χ3v) is 8.04. The number of nitrogens with zero attached hydrogens (tertiary/aromatic N) is 2. The molecule has 0 saturated carbocycles. The second kappa shape index (κ2) is 16.3. The number of hydrogen-bond donors (Lipinski definition) is 2. The summed E-state index contributed by atoms with van der Waals surface area (Å²) in [5.74, 6) is -3.13. The van der Waals surface area contributed by atoms with Crippen LogP contribution in [0.4, 0.5) is 11.4 Å². The Morgan fingerprint density at radius 1 is 0.500 bits per heavy atom. The van der Waals surface area contributed by atoms with E-state index in [1.54, 1.807) is 36.4 Å². The van der Waals surface area contributed by atoms with Gasteiger partial charge in [-0.2, -0.15) is 0 Å². The van der Waals surface area contributed by atoms with E-state index < -0.39 is 23.5 Å². The van der Waals surface area contributed by atoms with Crippen molar-refractivity contribution in [2.75, 3.05) is 49.2 Å². The number of anilines is 2. The predicted octanol–water partition coefficient (Wildman–Crippen LogP) is 6.27. The van der Waals surface area contributed by atoms with E-state index in [0.29, 0.717) is 0 Å². The number of phenols is 2. The summed E-state index contributed by atoms with van der Waals surface area (Å²) in [6.07, 6.45) is 0. The van der Waals surface area contributed by atoms with Gasteiger partial charge in [-0.15, -0.1) is 0 Å². The van der Waals surface area contributed by atoms with Crippen LogP contribution in [0.5, 0.6) is 11.5 Å². The van der Waals surface area contributed by atoms with E-state index in [4.69, 9.17) is 9.47 Å². The highest BCUT2D eigenvalue weighted by molar-refractivity contribution is 6.16. The minimum absolute atomic E-state index is 0.0104. The first-order valence-electron chi connectivity index (χ1n) is 15.9. The Balaban J connectivity index is 1.41. The molecular weight excluding hydrogens is 612 g/mol. The lowest BCUT2D eigenvalue weighted by Gasteiger charge is -2.21. The molecule has 4 aromatic rings. The molecule has 2 N–H and O–H groups in total. The summed E-state index contributed by atoms with van der Waals surface area (Å²) in [5, 5.41) is 21.3. The van der Waals surface area contributed by atoms with Gasteiger partial charge in [-0.3, -0.25) is 9.59 Å². The number of esters is 2. The Bertz CT molecular complexity index is 1660. The number of hydrogen-bond acceptors (Lipinski definition) is 10. The lowest BCUT2D eigenvalue weighted by atomic mass is 9.97. The predicted molar refractivity (Wildman–Crippen MR) is 184 cm³/mol. The summed E-state index contributed by atoms with van der Waals surface area (Å²) in [5.41, 5.74) is 1.70. The zero-order valence-electron chi connectivity index (χ0n) is 27.6. The largest absolute Gasteiger partial charge is 0.507 e. The molecular formula is C38H40N2O8. The van der Waals surface area contributed by atoms with Crippen molar-refractivity contribution < 1.29 is 38.9 Å². The van der Waals surface area contributed by atoms with Crippen molar-refractivity contribution in [1.82, 2.24) is 0 Å². The van der Waals surface area contributed by atoms with Gasteiger partial charge in [0, 0.05) is 60.8 Å². The maximum absolute atomic E-state index is 13.4. The number of benzene rings is 4. The molecule has 4 rings (SSSR count). The molecule has 10 heteroatoms. The maximum Gasteiger partial charge on any atom is 0.339 e. The number of carbonyl (C=O) groups is 4. The summed E-state index contributed by atoms with van der Waals surface area (Å²) in [4.78, 5) is 56.8. The van der Waals surface area contributed by atoms with Crippen LogP contribution in [-0.2, 0) is 9.47 Å². The van der Waals surface area contributed by atoms with Gasteiger partial charge in [-0.25, -0.2) is 9.59 Å². The first-order valence-corrected chi connectivity index (χ1v) is 15.9. The molecule has 0 aliphatic carbocycles. The molecule has 0 bridgehead atoms. The van der Waals surface area contributed by atoms with Crippen molar-refractivity contribution in [3.8, 4) is 11.5 Å². The minimum Gasteiger partial charge on any atom is -0.507 e. The summed E-state index contributed by atoms with van der Waals surface area (Å²) < 4.78 is 10.6. The molecule has 10 nitrogen and oxygen atoms in total. The van der Waals surface area contributed by atoms with Gasteiger partial charge in [0.15, 0.2) is 11.6 Å². The Morgan fingerprint density at radius 3 is 1.15 bits per heavy atom. The number of carbonyl (C=O) groups excluding carboxylic acids is 4. The van der Waals surface area contributed by atoms with E-state index in [9.17, 15) is 29.4 Å². The molecule has 0 spiro atoms. The lowest BCUT2D eigenvalue weighted by molar-refractivity contribution is 0.0264. The molecule has 4 aromatic carbocycles. The molecule has 0 heterocycles. The fraction of sp³-hybridized carbons (Fsp3) is 0.263. The van der Waals surface area contributed by atoms with Crippen molar-refractivity contribution in [2.24, 2.45) is 0 Å². The zero-order chi connectivity index (χ0) is 34.8. The van der Waals surface area contributed by atoms with Crippen LogP contribution in [0.25, 0.3) is 0 Å². The summed E-state index contributed by atoms with van der Waals surface area (Å²) in [6.45, 7) is 10.2. The van der Waals surface area contributed by atoms with Gasteiger partial charge in [-0.1, -0.05) is 36.4 Å². The fourth-order valence-electron chi connectivity index (χ4n) is 5.43. The van der Waals surface area contributed by atoms with Gasteiger partial charge in [0.1, 0.15) is 24.7 Å². The van der Waals surface area contributed by atoms with E-state index in [1.165, 1.54) is 48.5 Å². The van der Waals surface area contributed by atoms with Crippen molar-refractivity contribution in [3.05, 3.63) is 118 Å². The normalized spacial score (nSPS) is 10.7. The van der Waals surface area contributed by atoms with Crippen LogP contribution in [-0.4, -0.2) is 73.1 Å². The van der Waals surface area contributed by atoms with Gasteiger partial charge in [0.25, 0.3) is 0 Å². The molecule has 0 aliphatic rings. The molecule has 0 unspecified atom stereocenters. The number of rotatable bonds is 15. The van der Waals surface area contributed by atoms with Crippen LogP contribution in [0.2, 0.25) is 0 Å². The molecule has 0 radical (unpaired) electrons. The van der Waals surface area contributed by atoms with Crippen molar-refractivity contribution in [3.63, 3.8) is 0 Å². The van der Waals surface area contributed by atoms with E-state index in [2.05, 4.69) is 0 Å². The van der Waals surface area contributed by atoms with Crippen LogP contribution >= 0.6 is 0 Å². The van der Waals surface area contributed by atoms with Crippen molar-refractivity contribution >= 4 is 34.9 Å². The third kappa shape index (κ3) is 7.83. The average Bonchev–Trinajstić information content (AvgIpc) is 3.10. The topological polar surface area (TPSA) is 134 Å². The van der Waals surface area contributed by atoms with E-state index in [0.717, 1.165) is 37.6 Å². The van der Waals surface area contributed by atoms with Crippen LogP contribution in [0, 0.1) is 0 Å². The molecule has 0 saturated heterocycles. The van der Waals surface area contributed by atoms with Crippen LogP contribution in [0.1, 0.15) is 80.3 Å². The van der Waals surface area contributed by atoms with Crippen molar-refractivity contribution in [2.45, 2.75) is 27.7 Å². The Morgan fingerprint density at radius 2 is 0.833 bits per heavy atom. The second-order valence-electron chi connectivity index (χ2n) is 10.8. The van der Waals surface area contributed by atoms with Gasteiger partial charge in [0.2, 0.25) is 0 Å². The molecule has 0 fully saturated rings. The van der Waals surface area contributed by atoms with Crippen LogP contribution in [0.3, 0.4) is 0 Å². The Kier molecular flexibility index (Phi) is 11.9. The fourth-order valence-corrected chi connectivity index (χ4v) is 5.43. The molecule has 250 valence electrons. The molecule has 0 aliphatic heterocycles. The lowest BCUT2D eigenvalue weighted by Crippen LogP contribution is -2.22. The third-order valence-electron chi connectivity index (χ3n) is 8.04. The first-order chi connectivity index (χ1) is 23.1. The zero-order valence-corrected chi connectivity index (χ0v) is 27.6. The van der Waals surface area contributed by atoms with Crippen molar-refractivity contribution in [1.29, 1.82) is 0 Å². The van der Waals surface area contributed by atoms with Gasteiger partial charge < -0.3 is 29.5 Å². The smallest absolute Gasteiger partial charge is 0.339 e. The summed E-state index contributed by atoms with van der Waals surface area (Å²) >= 11 is 0. The Hall–Kier alpha value is -5.64. The highest BCUT2D eigenvalue weighted by Crippen LogP contribution is 2.29.